The van der Waals surface area contributed by atoms with Crippen LogP contribution in [0.15, 0.2) is 66.7 Å². The number of carbonyl (C=O) groups is 1. The molecule has 3 aliphatic carbocycles. The second-order valence-electron chi connectivity index (χ2n) is 8.79. The van der Waals surface area contributed by atoms with Crippen LogP contribution in [0.2, 0.25) is 0 Å². The minimum Gasteiger partial charge on any atom is -0.484 e. The average molecular weight is 388 g/mol. The number of carbonyl (C=O) groups excluding carboxylic acids is 1. The summed E-state index contributed by atoms with van der Waals surface area (Å²) in [5, 5.41) is 0. The lowest BCUT2D eigenvalue weighted by Crippen LogP contribution is -2.43. The molecule has 1 amide bonds. The molecule has 29 heavy (non-hydrogen) atoms. The van der Waals surface area contributed by atoms with Crippen molar-refractivity contribution >= 4 is 5.91 Å². The van der Waals surface area contributed by atoms with E-state index in [9.17, 15) is 4.79 Å². The Bertz CT molecular complexity index is 891. The summed E-state index contributed by atoms with van der Waals surface area (Å²) in [7, 11) is 0. The summed E-state index contributed by atoms with van der Waals surface area (Å²) in [6.07, 6.45) is 10.6. The number of nitrogens with zero attached hydrogens (tertiary/aromatic N) is 1. The molecule has 0 heterocycles. The first-order valence-electron chi connectivity index (χ1n) is 11.0. The molecule has 2 bridgehead atoms. The molecule has 0 aliphatic heterocycles. The molecule has 150 valence electrons. The van der Waals surface area contributed by atoms with E-state index < -0.39 is 0 Å². The number of aryl methyl sites for hydroxylation is 1. The van der Waals surface area contributed by atoms with E-state index in [0.717, 1.165) is 37.5 Å². The molecule has 5 rings (SSSR count). The van der Waals surface area contributed by atoms with Gasteiger partial charge in [-0.15, -0.1) is 0 Å². The van der Waals surface area contributed by atoms with Gasteiger partial charge in [0.1, 0.15) is 5.75 Å². The number of hydrogen-bond acceptors (Lipinski definition) is 2. The van der Waals surface area contributed by atoms with Crippen LogP contribution in [0.4, 0.5) is 0 Å². The minimum absolute atomic E-state index is 0.110. The van der Waals surface area contributed by atoms with Gasteiger partial charge in [0.2, 0.25) is 0 Å². The molecule has 2 aromatic carbocycles. The maximum absolute atomic E-state index is 13.4. The van der Waals surface area contributed by atoms with E-state index in [1.807, 2.05) is 30.3 Å². The molecule has 0 saturated heterocycles. The molecule has 0 N–H and O–H groups in total. The second-order valence-corrected chi connectivity index (χ2v) is 8.79. The largest absolute Gasteiger partial charge is 0.484 e. The zero-order valence-electron chi connectivity index (χ0n) is 16.9. The Morgan fingerprint density at radius 1 is 1.00 bits per heavy atom. The third-order valence-electron chi connectivity index (χ3n) is 6.99. The number of hydrogen-bond donors (Lipinski definition) is 0. The molecule has 0 radical (unpaired) electrons. The number of allylic oxidation sites excluding steroid dienone is 2. The molecule has 3 nitrogen and oxygen atoms in total. The topological polar surface area (TPSA) is 29.5 Å². The summed E-state index contributed by atoms with van der Waals surface area (Å²) in [5.74, 6) is 2.82. The zero-order valence-corrected chi connectivity index (χ0v) is 16.9. The predicted molar refractivity (Wildman–Crippen MR) is 115 cm³/mol. The van der Waals surface area contributed by atoms with Gasteiger partial charge in [-0.25, -0.2) is 0 Å². The van der Waals surface area contributed by atoms with Gasteiger partial charge in [-0.3, -0.25) is 4.79 Å². The first kappa shape index (κ1) is 18.5. The fourth-order valence-electron chi connectivity index (χ4n) is 5.56. The van der Waals surface area contributed by atoms with Crippen molar-refractivity contribution in [3.05, 3.63) is 77.9 Å². The van der Waals surface area contributed by atoms with E-state index >= 15 is 0 Å². The molecule has 0 aromatic heterocycles. The van der Waals surface area contributed by atoms with Gasteiger partial charge in [0, 0.05) is 6.54 Å². The Morgan fingerprint density at radius 3 is 2.62 bits per heavy atom. The van der Waals surface area contributed by atoms with Crippen LogP contribution in [0.5, 0.6) is 5.75 Å². The third-order valence-corrected chi connectivity index (χ3v) is 6.99. The molecular weight excluding hydrogens is 358 g/mol. The number of ether oxygens (including phenoxy) is 1. The van der Waals surface area contributed by atoms with Gasteiger partial charge < -0.3 is 9.64 Å². The van der Waals surface area contributed by atoms with Gasteiger partial charge in [-0.1, -0.05) is 54.6 Å². The van der Waals surface area contributed by atoms with Crippen molar-refractivity contribution in [2.75, 3.05) is 13.2 Å². The Morgan fingerprint density at radius 2 is 1.83 bits per heavy atom. The van der Waals surface area contributed by atoms with E-state index in [2.05, 4.69) is 41.3 Å². The van der Waals surface area contributed by atoms with E-state index in [0.29, 0.717) is 11.8 Å². The monoisotopic (exact) mass is 387 g/mol. The predicted octanol–water partition coefficient (Wildman–Crippen LogP) is 5.18. The number of rotatable bonds is 6. The molecule has 0 spiro atoms. The van der Waals surface area contributed by atoms with Crippen LogP contribution < -0.4 is 4.74 Å². The Labute approximate surface area is 173 Å². The summed E-state index contributed by atoms with van der Waals surface area (Å²) in [6, 6.07) is 18.5. The van der Waals surface area contributed by atoms with Crippen molar-refractivity contribution in [2.45, 2.75) is 38.1 Å². The molecule has 4 atom stereocenters. The van der Waals surface area contributed by atoms with Crippen LogP contribution in [0.1, 0.15) is 42.9 Å². The fraction of sp³-hybridized carbons (Fsp3) is 0.423. The van der Waals surface area contributed by atoms with E-state index in [1.54, 1.807) is 0 Å². The summed E-state index contributed by atoms with van der Waals surface area (Å²) in [5.41, 5.74) is 2.74. The van der Waals surface area contributed by atoms with Crippen LogP contribution in [0.25, 0.3) is 0 Å². The first-order valence-corrected chi connectivity index (χ1v) is 11.0. The highest BCUT2D eigenvalue weighted by Gasteiger charge is 2.39. The lowest BCUT2D eigenvalue weighted by Gasteiger charge is -2.38. The van der Waals surface area contributed by atoms with Crippen molar-refractivity contribution in [3.8, 4) is 5.75 Å². The highest BCUT2D eigenvalue weighted by atomic mass is 16.5. The molecule has 1 fully saturated rings. The van der Waals surface area contributed by atoms with E-state index in [4.69, 9.17) is 4.74 Å². The molecular formula is C26H29NO2. The van der Waals surface area contributed by atoms with Crippen LogP contribution in [-0.2, 0) is 11.2 Å². The summed E-state index contributed by atoms with van der Waals surface area (Å²) < 4.78 is 5.85. The maximum Gasteiger partial charge on any atom is 0.261 e. The van der Waals surface area contributed by atoms with Crippen molar-refractivity contribution in [1.82, 2.24) is 4.90 Å². The zero-order chi connectivity index (χ0) is 19.6. The number of fused-ring (bicyclic) bond motifs is 3. The Hall–Kier alpha value is -2.55. The summed E-state index contributed by atoms with van der Waals surface area (Å²) in [4.78, 5) is 15.6. The molecule has 2 aromatic rings. The molecule has 1 saturated carbocycles. The van der Waals surface area contributed by atoms with Crippen LogP contribution in [0, 0.1) is 17.8 Å². The summed E-state index contributed by atoms with van der Waals surface area (Å²) in [6.45, 7) is 0.959. The van der Waals surface area contributed by atoms with Gasteiger partial charge >= 0.3 is 0 Å². The van der Waals surface area contributed by atoms with Crippen LogP contribution >= 0.6 is 0 Å². The normalized spacial score (nSPS) is 26.9. The minimum atomic E-state index is 0.110. The van der Waals surface area contributed by atoms with Gasteiger partial charge in [-0.2, -0.15) is 0 Å². The van der Waals surface area contributed by atoms with E-state index in [1.165, 1.54) is 24.0 Å². The smallest absolute Gasteiger partial charge is 0.261 e. The SMILES string of the molecule is O=C(COc1ccccc1)N(C[C@@H]1C[C@@H]2C=C[C@H]1C2)[C@@H]1CCCc2ccccc21. The quantitative estimate of drug-likeness (QED) is 0.639. The van der Waals surface area contributed by atoms with E-state index in [-0.39, 0.29) is 18.6 Å². The van der Waals surface area contributed by atoms with Crippen molar-refractivity contribution in [3.63, 3.8) is 0 Å². The van der Waals surface area contributed by atoms with Crippen molar-refractivity contribution in [1.29, 1.82) is 0 Å². The van der Waals surface area contributed by atoms with Gasteiger partial charge in [0.15, 0.2) is 6.61 Å². The summed E-state index contributed by atoms with van der Waals surface area (Å²) >= 11 is 0. The van der Waals surface area contributed by atoms with Crippen LogP contribution in [-0.4, -0.2) is 24.0 Å². The molecule has 3 heteroatoms. The van der Waals surface area contributed by atoms with Gasteiger partial charge in [0.25, 0.3) is 5.91 Å². The highest BCUT2D eigenvalue weighted by molar-refractivity contribution is 5.78. The Kier molecular flexibility index (Phi) is 5.13. The van der Waals surface area contributed by atoms with Gasteiger partial charge in [-0.05, 0) is 73.1 Å². The lowest BCUT2D eigenvalue weighted by atomic mass is 9.85. The molecule has 0 unspecified atom stereocenters. The standard InChI is InChI=1S/C26H29NO2/c28-26(18-29-23-9-2-1-3-10-23)27(17-22-16-19-13-14-21(22)15-19)25-12-6-8-20-7-4-5-11-24(20)25/h1-5,7,9-11,13-14,19,21-22,25H,6,8,12,15-18H2/t19-,21+,22+,25-/m1/s1. The average Bonchev–Trinajstić information content (AvgIpc) is 3.40. The second kappa shape index (κ2) is 8.06. The fourth-order valence-corrected chi connectivity index (χ4v) is 5.56. The number of benzene rings is 2. The first-order chi connectivity index (χ1) is 14.3. The number of para-hydroxylation sites is 1. The van der Waals surface area contributed by atoms with Crippen molar-refractivity contribution < 1.29 is 9.53 Å². The Balaban J connectivity index is 1.37. The molecule has 3 aliphatic rings. The van der Waals surface area contributed by atoms with Gasteiger partial charge in [0.05, 0.1) is 6.04 Å². The third kappa shape index (κ3) is 3.83. The maximum atomic E-state index is 13.4. The number of amides is 1. The highest BCUT2D eigenvalue weighted by Crippen LogP contribution is 2.45. The van der Waals surface area contributed by atoms with Crippen LogP contribution in [0.3, 0.4) is 0 Å². The van der Waals surface area contributed by atoms with Crippen molar-refractivity contribution in [2.24, 2.45) is 17.8 Å². The lowest BCUT2D eigenvalue weighted by molar-refractivity contribution is -0.137.